The van der Waals surface area contributed by atoms with Crippen LogP contribution in [0.5, 0.6) is 0 Å². The molecular formula is C25H24F3N3O. The number of halogens is 3. The van der Waals surface area contributed by atoms with E-state index in [-0.39, 0.29) is 11.5 Å². The molecular weight excluding hydrogens is 415 g/mol. The van der Waals surface area contributed by atoms with Gasteiger partial charge in [0.2, 0.25) is 0 Å². The van der Waals surface area contributed by atoms with Crippen LogP contribution in [0.3, 0.4) is 0 Å². The molecule has 0 bridgehead atoms. The SMILES string of the molecule is Cc1c(-c2ccc(C(C#N)Cc3ccccc3)cc2)c(C(F)(F)F)nn1C1CCCCO1. The van der Waals surface area contributed by atoms with E-state index in [1.165, 1.54) is 4.68 Å². The van der Waals surface area contributed by atoms with E-state index in [4.69, 9.17) is 4.74 Å². The third kappa shape index (κ3) is 4.56. The zero-order valence-electron chi connectivity index (χ0n) is 17.8. The number of hydrogen-bond donors (Lipinski definition) is 0. The Morgan fingerprint density at radius 2 is 1.84 bits per heavy atom. The van der Waals surface area contributed by atoms with Gasteiger partial charge in [0.25, 0.3) is 0 Å². The van der Waals surface area contributed by atoms with Crippen molar-refractivity contribution in [3.8, 4) is 17.2 Å². The minimum absolute atomic E-state index is 0.0646. The Morgan fingerprint density at radius 3 is 2.44 bits per heavy atom. The molecule has 0 amide bonds. The monoisotopic (exact) mass is 439 g/mol. The first-order valence-electron chi connectivity index (χ1n) is 10.7. The zero-order valence-corrected chi connectivity index (χ0v) is 17.8. The summed E-state index contributed by atoms with van der Waals surface area (Å²) in [7, 11) is 0. The first kappa shape index (κ1) is 22.1. The van der Waals surface area contributed by atoms with Crippen LogP contribution in [-0.2, 0) is 17.3 Å². The quantitative estimate of drug-likeness (QED) is 0.461. The zero-order chi connectivity index (χ0) is 22.7. The summed E-state index contributed by atoms with van der Waals surface area (Å²) in [5.41, 5.74) is 1.82. The molecule has 3 aromatic rings. The average molecular weight is 439 g/mol. The lowest BCUT2D eigenvalue weighted by atomic mass is 9.91. The number of aromatic nitrogens is 2. The highest BCUT2D eigenvalue weighted by Crippen LogP contribution is 2.40. The lowest BCUT2D eigenvalue weighted by Crippen LogP contribution is -2.20. The topological polar surface area (TPSA) is 50.8 Å². The minimum atomic E-state index is -4.58. The van der Waals surface area contributed by atoms with Crippen LogP contribution in [0.25, 0.3) is 11.1 Å². The lowest BCUT2D eigenvalue weighted by molar-refractivity contribution is -0.141. The number of hydrogen-bond acceptors (Lipinski definition) is 3. The van der Waals surface area contributed by atoms with Crippen molar-refractivity contribution in [3.63, 3.8) is 0 Å². The van der Waals surface area contributed by atoms with Gasteiger partial charge in [0.1, 0.15) is 6.23 Å². The van der Waals surface area contributed by atoms with Crippen LogP contribution in [0, 0.1) is 18.3 Å². The fourth-order valence-electron chi connectivity index (χ4n) is 4.23. The van der Waals surface area contributed by atoms with E-state index in [9.17, 15) is 18.4 Å². The highest BCUT2D eigenvalue weighted by molar-refractivity contribution is 5.69. The largest absolute Gasteiger partial charge is 0.435 e. The van der Waals surface area contributed by atoms with Crippen molar-refractivity contribution in [1.29, 1.82) is 5.26 Å². The molecule has 0 N–H and O–H groups in total. The van der Waals surface area contributed by atoms with E-state index in [2.05, 4.69) is 11.2 Å². The maximum absolute atomic E-state index is 13.8. The predicted octanol–water partition coefficient (Wildman–Crippen LogP) is 6.43. The molecule has 1 aromatic heterocycles. The second-order valence-corrected chi connectivity index (χ2v) is 8.07. The molecule has 1 fully saturated rings. The molecule has 4 rings (SSSR count). The Kier molecular flexibility index (Phi) is 6.33. The van der Waals surface area contributed by atoms with Gasteiger partial charge < -0.3 is 4.74 Å². The van der Waals surface area contributed by atoms with Crippen LogP contribution in [0.4, 0.5) is 13.2 Å². The minimum Gasteiger partial charge on any atom is -0.357 e. The van der Waals surface area contributed by atoms with Crippen molar-refractivity contribution < 1.29 is 17.9 Å². The summed E-state index contributed by atoms with van der Waals surface area (Å²) in [4.78, 5) is 0. The molecule has 4 nitrogen and oxygen atoms in total. The number of alkyl halides is 3. The summed E-state index contributed by atoms with van der Waals surface area (Å²) in [6.45, 7) is 2.17. The van der Waals surface area contributed by atoms with Gasteiger partial charge >= 0.3 is 6.18 Å². The predicted molar refractivity (Wildman–Crippen MR) is 115 cm³/mol. The number of nitriles is 1. The summed E-state index contributed by atoms with van der Waals surface area (Å²) >= 11 is 0. The average Bonchev–Trinajstić information content (AvgIpc) is 3.16. The van der Waals surface area contributed by atoms with Crippen LogP contribution in [0.1, 0.15) is 53.9 Å². The van der Waals surface area contributed by atoms with E-state index in [1.807, 2.05) is 30.3 Å². The molecule has 7 heteroatoms. The van der Waals surface area contributed by atoms with Crippen LogP contribution in [0.15, 0.2) is 54.6 Å². The number of ether oxygens (including phenoxy) is 1. The molecule has 0 aliphatic carbocycles. The molecule has 32 heavy (non-hydrogen) atoms. The van der Waals surface area contributed by atoms with Gasteiger partial charge in [-0.3, -0.25) is 0 Å². The molecule has 1 aliphatic rings. The third-order valence-electron chi connectivity index (χ3n) is 5.89. The van der Waals surface area contributed by atoms with E-state index < -0.39 is 18.1 Å². The Bertz CT molecular complexity index is 1090. The first-order valence-corrected chi connectivity index (χ1v) is 10.7. The molecule has 2 aromatic carbocycles. The molecule has 0 radical (unpaired) electrons. The van der Waals surface area contributed by atoms with E-state index >= 15 is 0 Å². The smallest absolute Gasteiger partial charge is 0.357 e. The van der Waals surface area contributed by atoms with Gasteiger partial charge in [0.05, 0.1) is 12.0 Å². The van der Waals surface area contributed by atoms with Gasteiger partial charge in [-0.25, -0.2) is 4.68 Å². The summed E-state index contributed by atoms with van der Waals surface area (Å²) in [5.74, 6) is -0.381. The number of rotatable bonds is 5. The second kappa shape index (κ2) is 9.17. The molecule has 166 valence electrons. The van der Waals surface area contributed by atoms with Gasteiger partial charge in [-0.1, -0.05) is 54.6 Å². The molecule has 0 saturated carbocycles. The van der Waals surface area contributed by atoms with Gasteiger partial charge in [0, 0.05) is 17.9 Å². The normalized spacial score (nSPS) is 17.7. The summed E-state index contributed by atoms with van der Waals surface area (Å²) in [6.07, 6.45) is -2.08. The van der Waals surface area contributed by atoms with Gasteiger partial charge in [-0.15, -0.1) is 0 Å². The number of benzene rings is 2. The van der Waals surface area contributed by atoms with Gasteiger partial charge in [-0.2, -0.15) is 23.5 Å². The van der Waals surface area contributed by atoms with Crippen molar-refractivity contribution in [2.24, 2.45) is 0 Å². The van der Waals surface area contributed by atoms with Crippen LogP contribution >= 0.6 is 0 Å². The molecule has 2 atom stereocenters. The summed E-state index contributed by atoms with van der Waals surface area (Å²) < 4.78 is 48.6. The standard InChI is InChI=1S/C25H24F3N3O/c1-17-23(24(25(26,27)28)30-31(17)22-9-5-6-14-32-22)20-12-10-19(11-13-20)21(16-29)15-18-7-3-2-4-8-18/h2-4,7-8,10-13,21-22H,5-6,9,14-15H2,1H3. The van der Waals surface area contributed by atoms with Gasteiger partial charge in [-0.05, 0) is 49.3 Å². The van der Waals surface area contributed by atoms with Crippen LogP contribution < -0.4 is 0 Å². The maximum Gasteiger partial charge on any atom is 0.435 e. The Labute approximate surface area is 185 Å². The Hall–Kier alpha value is -3.11. The van der Waals surface area contributed by atoms with E-state index in [0.717, 1.165) is 24.0 Å². The van der Waals surface area contributed by atoms with Crippen LogP contribution in [-0.4, -0.2) is 16.4 Å². The van der Waals surface area contributed by atoms with Gasteiger partial charge in [0.15, 0.2) is 5.69 Å². The van der Waals surface area contributed by atoms with Crippen molar-refractivity contribution in [1.82, 2.24) is 9.78 Å². The van der Waals surface area contributed by atoms with Crippen molar-refractivity contribution >= 4 is 0 Å². The van der Waals surface area contributed by atoms with Crippen molar-refractivity contribution in [2.45, 2.75) is 50.9 Å². The van der Waals surface area contributed by atoms with Crippen LogP contribution in [0.2, 0.25) is 0 Å². The highest BCUT2D eigenvalue weighted by atomic mass is 19.4. The third-order valence-corrected chi connectivity index (χ3v) is 5.89. The maximum atomic E-state index is 13.8. The fourth-order valence-corrected chi connectivity index (χ4v) is 4.23. The van der Waals surface area contributed by atoms with Crippen molar-refractivity contribution in [3.05, 3.63) is 77.1 Å². The highest BCUT2D eigenvalue weighted by Gasteiger charge is 2.40. The molecule has 2 heterocycles. The molecule has 1 aliphatic heterocycles. The summed E-state index contributed by atoms with van der Waals surface area (Å²) in [5, 5.41) is 13.6. The second-order valence-electron chi connectivity index (χ2n) is 8.07. The number of nitrogens with zero attached hydrogens (tertiary/aromatic N) is 3. The van der Waals surface area contributed by atoms with E-state index in [1.54, 1.807) is 31.2 Å². The Balaban J connectivity index is 1.67. The van der Waals surface area contributed by atoms with E-state index in [0.29, 0.717) is 30.7 Å². The molecule has 1 saturated heterocycles. The summed E-state index contributed by atoms with van der Waals surface area (Å²) in [6, 6.07) is 18.7. The lowest BCUT2D eigenvalue weighted by Gasteiger charge is -2.24. The molecule has 2 unspecified atom stereocenters. The Morgan fingerprint density at radius 1 is 1.12 bits per heavy atom. The first-order chi connectivity index (χ1) is 15.4. The fraction of sp³-hybridized carbons (Fsp3) is 0.360. The molecule has 0 spiro atoms. The van der Waals surface area contributed by atoms with Crippen molar-refractivity contribution in [2.75, 3.05) is 6.61 Å².